The van der Waals surface area contributed by atoms with Gasteiger partial charge in [0.15, 0.2) is 11.6 Å². The molecule has 0 bridgehead atoms. The molecule has 1 heterocycles. The van der Waals surface area contributed by atoms with Crippen LogP contribution in [0.4, 0.5) is 4.39 Å². The first-order valence-electron chi connectivity index (χ1n) is 8.10. The Bertz CT molecular complexity index is 946. The number of hydrogen-bond donors (Lipinski definition) is 1. The van der Waals surface area contributed by atoms with Gasteiger partial charge in [-0.3, -0.25) is 4.79 Å². The molecule has 138 valence electrons. The van der Waals surface area contributed by atoms with Crippen LogP contribution in [0.5, 0.6) is 5.75 Å². The summed E-state index contributed by atoms with van der Waals surface area (Å²) in [6.45, 7) is 2.05. The fourth-order valence-corrected chi connectivity index (χ4v) is 4.54. The van der Waals surface area contributed by atoms with Crippen LogP contribution in [0, 0.1) is 12.7 Å². The molecule has 1 saturated heterocycles. The van der Waals surface area contributed by atoms with Gasteiger partial charge in [0.25, 0.3) is 0 Å². The Hall–Kier alpha value is -2.45. The Labute approximate surface area is 151 Å². The molecule has 2 aromatic carbocycles. The van der Waals surface area contributed by atoms with Crippen molar-refractivity contribution < 1.29 is 22.3 Å². The van der Waals surface area contributed by atoms with Gasteiger partial charge >= 0.3 is 0 Å². The Morgan fingerprint density at radius 1 is 1.27 bits per heavy atom. The lowest BCUT2D eigenvalue weighted by Gasteiger charge is -2.18. The predicted molar refractivity (Wildman–Crippen MR) is 93.9 cm³/mol. The number of para-hydroxylation sites is 1. The first kappa shape index (κ1) is 18.3. The van der Waals surface area contributed by atoms with Gasteiger partial charge < -0.3 is 10.5 Å². The average Bonchev–Trinajstić information content (AvgIpc) is 3.06. The summed E-state index contributed by atoms with van der Waals surface area (Å²) in [5, 5.41) is 0. The summed E-state index contributed by atoms with van der Waals surface area (Å²) in [4.78, 5) is 11.4. The number of benzene rings is 2. The molecule has 0 aliphatic carbocycles. The maximum atomic E-state index is 13.7. The molecule has 1 unspecified atom stereocenters. The Kier molecular flexibility index (Phi) is 4.97. The van der Waals surface area contributed by atoms with Crippen molar-refractivity contribution in [2.75, 3.05) is 13.1 Å². The number of halogens is 1. The van der Waals surface area contributed by atoms with Crippen LogP contribution in [0.3, 0.4) is 0 Å². The smallest absolute Gasteiger partial charge is 0.248 e. The van der Waals surface area contributed by atoms with Gasteiger partial charge in [0.2, 0.25) is 15.9 Å². The van der Waals surface area contributed by atoms with Crippen molar-refractivity contribution >= 4 is 15.9 Å². The zero-order valence-electron chi connectivity index (χ0n) is 14.2. The van der Waals surface area contributed by atoms with Crippen molar-refractivity contribution in [1.82, 2.24) is 4.31 Å². The molecule has 2 aromatic rings. The highest BCUT2D eigenvalue weighted by atomic mass is 32.2. The summed E-state index contributed by atoms with van der Waals surface area (Å²) < 4.78 is 46.3. The molecule has 1 atom stereocenters. The van der Waals surface area contributed by atoms with Crippen LogP contribution in [-0.4, -0.2) is 37.8 Å². The number of nitrogens with zero attached hydrogens (tertiary/aromatic N) is 1. The Morgan fingerprint density at radius 2 is 2.00 bits per heavy atom. The van der Waals surface area contributed by atoms with Gasteiger partial charge in [-0.2, -0.15) is 4.31 Å². The van der Waals surface area contributed by atoms with Crippen LogP contribution in [0.25, 0.3) is 0 Å². The predicted octanol–water partition coefficient (Wildman–Crippen LogP) is 2.08. The number of sulfonamides is 1. The number of ether oxygens (including phenoxy) is 1. The summed E-state index contributed by atoms with van der Waals surface area (Å²) in [6, 6.07) is 10.3. The zero-order valence-corrected chi connectivity index (χ0v) is 15.0. The standard InChI is InChI=1S/C18H19FN2O4S/c1-12-8-13(18(20)22)10-15(9-12)26(23,24)21-7-6-14(11-21)25-17-5-3-2-4-16(17)19/h2-5,8-10,14H,6-7,11H2,1H3,(H2,20,22). The maximum Gasteiger partial charge on any atom is 0.248 e. The Balaban J connectivity index is 1.79. The summed E-state index contributed by atoms with van der Waals surface area (Å²) in [7, 11) is -3.80. The molecule has 26 heavy (non-hydrogen) atoms. The molecular formula is C18H19FN2O4S. The molecule has 0 spiro atoms. The van der Waals surface area contributed by atoms with Crippen LogP contribution < -0.4 is 10.5 Å². The van der Waals surface area contributed by atoms with Crippen LogP contribution in [0.2, 0.25) is 0 Å². The van der Waals surface area contributed by atoms with Gasteiger partial charge in [0, 0.05) is 12.1 Å². The number of rotatable bonds is 5. The van der Waals surface area contributed by atoms with Crippen molar-refractivity contribution in [2.24, 2.45) is 5.73 Å². The summed E-state index contributed by atoms with van der Waals surface area (Å²) >= 11 is 0. The zero-order chi connectivity index (χ0) is 18.9. The Morgan fingerprint density at radius 3 is 2.69 bits per heavy atom. The highest BCUT2D eigenvalue weighted by Crippen LogP contribution is 2.26. The highest BCUT2D eigenvalue weighted by Gasteiger charge is 2.34. The number of hydrogen-bond acceptors (Lipinski definition) is 4. The van der Waals surface area contributed by atoms with Crippen LogP contribution >= 0.6 is 0 Å². The molecule has 6 nitrogen and oxygen atoms in total. The first-order chi connectivity index (χ1) is 12.3. The highest BCUT2D eigenvalue weighted by molar-refractivity contribution is 7.89. The molecule has 8 heteroatoms. The van der Waals surface area contributed by atoms with Gasteiger partial charge in [-0.25, -0.2) is 12.8 Å². The molecule has 2 N–H and O–H groups in total. The number of nitrogens with two attached hydrogens (primary N) is 1. The molecule has 3 rings (SSSR count). The van der Waals surface area contributed by atoms with Crippen molar-refractivity contribution in [2.45, 2.75) is 24.3 Å². The van der Waals surface area contributed by atoms with E-state index in [2.05, 4.69) is 0 Å². The minimum Gasteiger partial charge on any atom is -0.486 e. The van der Waals surface area contributed by atoms with Gasteiger partial charge in [0.05, 0.1) is 11.4 Å². The maximum absolute atomic E-state index is 13.7. The van der Waals surface area contributed by atoms with E-state index in [0.29, 0.717) is 12.0 Å². The van der Waals surface area contributed by atoms with E-state index in [4.69, 9.17) is 10.5 Å². The van der Waals surface area contributed by atoms with Gasteiger partial charge in [-0.15, -0.1) is 0 Å². The van der Waals surface area contributed by atoms with E-state index in [1.807, 2.05) is 0 Å². The molecule has 1 amide bonds. The normalized spacial score (nSPS) is 18.0. The molecule has 0 saturated carbocycles. The monoisotopic (exact) mass is 378 g/mol. The van der Waals surface area contributed by atoms with Crippen molar-refractivity contribution in [3.05, 3.63) is 59.4 Å². The number of primary amides is 1. The minimum atomic E-state index is -3.80. The van der Waals surface area contributed by atoms with E-state index in [0.717, 1.165) is 0 Å². The van der Waals surface area contributed by atoms with E-state index in [1.165, 1.54) is 34.6 Å². The van der Waals surface area contributed by atoms with Crippen LogP contribution in [0.1, 0.15) is 22.3 Å². The second-order valence-corrected chi connectivity index (χ2v) is 8.16. The molecular weight excluding hydrogens is 359 g/mol. The second kappa shape index (κ2) is 7.05. The molecule has 0 radical (unpaired) electrons. The largest absolute Gasteiger partial charge is 0.486 e. The number of aryl methyl sites for hydroxylation is 1. The molecule has 1 aliphatic heterocycles. The summed E-state index contributed by atoms with van der Waals surface area (Å²) in [5.74, 6) is -1.07. The lowest BCUT2D eigenvalue weighted by molar-refractivity contribution is 0.1000. The SMILES string of the molecule is Cc1cc(C(N)=O)cc(S(=O)(=O)N2CCC(Oc3ccccc3F)C2)c1. The average molecular weight is 378 g/mol. The molecule has 1 fully saturated rings. The van der Waals surface area contributed by atoms with E-state index in [9.17, 15) is 17.6 Å². The quantitative estimate of drug-likeness (QED) is 0.863. The second-order valence-electron chi connectivity index (χ2n) is 6.22. The number of carbonyl (C=O) groups is 1. The lowest BCUT2D eigenvalue weighted by Crippen LogP contribution is -2.31. The third-order valence-corrected chi connectivity index (χ3v) is 6.05. The number of carbonyl (C=O) groups excluding carboxylic acids is 1. The van der Waals surface area contributed by atoms with E-state index in [-0.39, 0.29) is 29.3 Å². The van der Waals surface area contributed by atoms with Crippen molar-refractivity contribution in [3.63, 3.8) is 0 Å². The van der Waals surface area contributed by atoms with Crippen molar-refractivity contribution in [1.29, 1.82) is 0 Å². The topological polar surface area (TPSA) is 89.7 Å². The van der Waals surface area contributed by atoms with E-state index >= 15 is 0 Å². The van der Waals surface area contributed by atoms with Gasteiger partial charge in [-0.1, -0.05) is 12.1 Å². The van der Waals surface area contributed by atoms with Crippen LogP contribution in [0.15, 0.2) is 47.4 Å². The summed E-state index contributed by atoms with van der Waals surface area (Å²) in [6.07, 6.45) is 0.00398. The lowest BCUT2D eigenvalue weighted by atomic mass is 10.1. The minimum absolute atomic E-state index is 0.0119. The third kappa shape index (κ3) is 3.71. The van der Waals surface area contributed by atoms with E-state index in [1.54, 1.807) is 19.1 Å². The number of amides is 1. The first-order valence-corrected chi connectivity index (χ1v) is 9.54. The van der Waals surface area contributed by atoms with E-state index < -0.39 is 27.9 Å². The molecule has 0 aromatic heterocycles. The molecule has 1 aliphatic rings. The van der Waals surface area contributed by atoms with Crippen molar-refractivity contribution in [3.8, 4) is 5.75 Å². The fourth-order valence-electron chi connectivity index (χ4n) is 2.92. The van der Waals surface area contributed by atoms with Crippen LogP contribution in [-0.2, 0) is 10.0 Å². The van der Waals surface area contributed by atoms with Gasteiger partial charge in [-0.05, 0) is 49.2 Å². The van der Waals surface area contributed by atoms with Gasteiger partial charge in [0.1, 0.15) is 6.10 Å². The summed E-state index contributed by atoms with van der Waals surface area (Å²) in [5.41, 5.74) is 6.03. The fraction of sp³-hybridized carbons (Fsp3) is 0.278. The third-order valence-electron chi connectivity index (χ3n) is 4.21.